The molecule has 2 saturated heterocycles. The van der Waals surface area contributed by atoms with Crippen molar-refractivity contribution in [1.29, 1.82) is 0 Å². The summed E-state index contributed by atoms with van der Waals surface area (Å²) in [6, 6.07) is 6.78. The summed E-state index contributed by atoms with van der Waals surface area (Å²) < 4.78 is 5.38. The molecule has 0 spiro atoms. The van der Waals surface area contributed by atoms with Crippen LogP contribution in [0.4, 0.5) is 0 Å². The molecule has 1 aromatic heterocycles. The minimum atomic E-state index is 0.236. The van der Waals surface area contributed by atoms with Crippen molar-refractivity contribution < 1.29 is 9.53 Å². The van der Waals surface area contributed by atoms with Gasteiger partial charge in [-0.25, -0.2) is 0 Å². The van der Waals surface area contributed by atoms with Crippen LogP contribution in [0.2, 0.25) is 0 Å². The van der Waals surface area contributed by atoms with E-state index in [1.165, 1.54) is 54.4 Å². The van der Waals surface area contributed by atoms with E-state index < -0.39 is 0 Å². The minimum Gasteiger partial charge on any atom is -0.497 e. The van der Waals surface area contributed by atoms with Crippen molar-refractivity contribution in [3.63, 3.8) is 0 Å². The van der Waals surface area contributed by atoms with Gasteiger partial charge in [-0.3, -0.25) is 14.6 Å². The van der Waals surface area contributed by atoms with Crippen LogP contribution in [0.25, 0.3) is 10.9 Å². The standard InChI is InChI=1S/C26H40N4O2/c1-4-30-13-5-6-21(30)17-27-26(31)10-7-20-11-14-29(15-12-20)18-25-19(2)23-16-22(32-3)8-9-24(23)28-25/h8-9,16,20-21,28H,4-7,10-15,17-18H2,1-3H3,(H,27,31). The van der Waals surface area contributed by atoms with Crippen LogP contribution in [0.5, 0.6) is 5.75 Å². The van der Waals surface area contributed by atoms with Gasteiger partial charge in [0.25, 0.3) is 0 Å². The number of hydrogen-bond acceptors (Lipinski definition) is 4. The first-order chi connectivity index (χ1) is 15.6. The molecule has 2 fully saturated rings. The number of likely N-dealkylation sites (tertiary alicyclic amines) is 2. The highest BCUT2D eigenvalue weighted by Gasteiger charge is 2.24. The average molecular weight is 441 g/mol. The molecule has 1 unspecified atom stereocenters. The zero-order chi connectivity index (χ0) is 22.5. The highest BCUT2D eigenvalue weighted by Crippen LogP contribution is 2.28. The maximum Gasteiger partial charge on any atom is 0.220 e. The zero-order valence-corrected chi connectivity index (χ0v) is 20.1. The number of aromatic nitrogens is 1. The topological polar surface area (TPSA) is 60.6 Å². The summed E-state index contributed by atoms with van der Waals surface area (Å²) in [6.45, 7) is 10.7. The summed E-state index contributed by atoms with van der Waals surface area (Å²) in [7, 11) is 1.72. The molecular formula is C26H40N4O2. The van der Waals surface area contributed by atoms with Crippen molar-refractivity contribution in [1.82, 2.24) is 20.1 Å². The van der Waals surface area contributed by atoms with Crippen molar-refractivity contribution in [2.45, 2.75) is 65.0 Å². The molecule has 176 valence electrons. The van der Waals surface area contributed by atoms with Crippen LogP contribution < -0.4 is 10.1 Å². The largest absolute Gasteiger partial charge is 0.497 e. The first kappa shape index (κ1) is 23.1. The second-order valence-electron chi connectivity index (χ2n) is 9.63. The number of hydrogen-bond donors (Lipinski definition) is 2. The average Bonchev–Trinajstić information content (AvgIpc) is 3.41. The number of piperidine rings is 1. The predicted molar refractivity (Wildman–Crippen MR) is 130 cm³/mol. The lowest BCUT2D eigenvalue weighted by Crippen LogP contribution is -2.40. The van der Waals surface area contributed by atoms with E-state index in [2.05, 4.69) is 46.1 Å². The molecule has 1 atom stereocenters. The number of nitrogens with one attached hydrogen (secondary N) is 2. The quantitative estimate of drug-likeness (QED) is 0.617. The van der Waals surface area contributed by atoms with Gasteiger partial charge in [-0.15, -0.1) is 0 Å². The Labute approximate surface area is 192 Å². The monoisotopic (exact) mass is 440 g/mol. The third-order valence-electron chi connectivity index (χ3n) is 7.68. The number of benzene rings is 1. The predicted octanol–water partition coefficient (Wildman–Crippen LogP) is 4.08. The third kappa shape index (κ3) is 5.46. The summed E-state index contributed by atoms with van der Waals surface area (Å²) in [6.07, 6.45) is 6.55. The van der Waals surface area contributed by atoms with Crippen LogP contribution >= 0.6 is 0 Å². The van der Waals surface area contributed by atoms with Crippen LogP contribution in [0.1, 0.15) is 56.7 Å². The first-order valence-corrected chi connectivity index (χ1v) is 12.5. The molecule has 6 heteroatoms. The smallest absolute Gasteiger partial charge is 0.220 e. The van der Waals surface area contributed by atoms with Gasteiger partial charge in [-0.05, 0) is 94.9 Å². The normalized spacial score (nSPS) is 20.8. The van der Waals surface area contributed by atoms with E-state index in [1.807, 2.05) is 6.07 Å². The van der Waals surface area contributed by atoms with E-state index in [0.717, 1.165) is 44.9 Å². The van der Waals surface area contributed by atoms with Gasteiger partial charge in [0.2, 0.25) is 5.91 Å². The fraction of sp³-hybridized carbons (Fsp3) is 0.654. The van der Waals surface area contributed by atoms with Gasteiger partial charge in [-0.1, -0.05) is 6.92 Å². The van der Waals surface area contributed by atoms with Crippen molar-refractivity contribution in [3.8, 4) is 5.75 Å². The molecule has 1 amide bonds. The molecule has 4 rings (SSSR count). The molecule has 2 aliphatic heterocycles. The molecule has 32 heavy (non-hydrogen) atoms. The Morgan fingerprint density at radius 3 is 2.78 bits per heavy atom. The van der Waals surface area contributed by atoms with Crippen molar-refractivity contribution in [2.24, 2.45) is 5.92 Å². The van der Waals surface area contributed by atoms with E-state index >= 15 is 0 Å². The number of rotatable bonds is 9. The number of carbonyl (C=O) groups is 1. The second kappa shape index (κ2) is 10.7. The maximum absolute atomic E-state index is 12.4. The molecule has 3 heterocycles. The van der Waals surface area contributed by atoms with Gasteiger partial charge >= 0.3 is 0 Å². The summed E-state index contributed by atoms with van der Waals surface area (Å²) in [5, 5.41) is 4.44. The Morgan fingerprint density at radius 2 is 2.03 bits per heavy atom. The van der Waals surface area contributed by atoms with Crippen molar-refractivity contribution in [3.05, 3.63) is 29.5 Å². The summed E-state index contributed by atoms with van der Waals surface area (Å²) in [5.74, 6) is 1.81. The highest BCUT2D eigenvalue weighted by molar-refractivity contribution is 5.85. The number of fused-ring (bicyclic) bond motifs is 1. The number of methoxy groups -OCH3 is 1. The Hall–Kier alpha value is -2.05. The number of nitrogens with zero attached hydrogens (tertiary/aromatic N) is 2. The summed E-state index contributed by atoms with van der Waals surface area (Å²) >= 11 is 0. The van der Waals surface area contributed by atoms with E-state index in [1.54, 1.807) is 7.11 Å². The fourth-order valence-corrected chi connectivity index (χ4v) is 5.50. The lowest BCUT2D eigenvalue weighted by molar-refractivity contribution is -0.121. The van der Waals surface area contributed by atoms with Crippen LogP contribution in [0.3, 0.4) is 0 Å². The van der Waals surface area contributed by atoms with Gasteiger partial charge < -0.3 is 15.0 Å². The summed E-state index contributed by atoms with van der Waals surface area (Å²) in [5.41, 5.74) is 3.81. The lowest BCUT2D eigenvalue weighted by atomic mass is 9.92. The lowest BCUT2D eigenvalue weighted by Gasteiger charge is -2.31. The number of amides is 1. The number of ether oxygens (including phenoxy) is 1. The molecule has 2 aliphatic rings. The Morgan fingerprint density at radius 1 is 1.22 bits per heavy atom. The zero-order valence-electron chi connectivity index (χ0n) is 20.1. The number of H-pyrrole nitrogens is 1. The van der Waals surface area contributed by atoms with Gasteiger partial charge in [0.1, 0.15) is 5.75 Å². The Bertz CT molecular complexity index is 901. The third-order valence-corrected chi connectivity index (χ3v) is 7.68. The van der Waals surface area contributed by atoms with Gasteiger partial charge in [0, 0.05) is 42.1 Å². The molecule has 0 radical (unpaired) electrons. The van der Waals surface area contributed by atoms with Crippen LogP contribution in [0, 0.1) is 12.8 Å². The molecule has 0 bridgehead atoms. The van der Waals surface area contributed by atoms with Gasteiger partial charge in [0.05, 0.1) is 7.11 Å². The number of aromatic amines is 1. The van der Waals surface area contributed by atoms with Gasteiger partial charge in [0.15, 0.2) is 0 Å². The van der Waals surface area contributed by atoms with E-state index in [4.69, 9.17) is 4.74 Å². The molecule has 2 N–H and O–H groups in total. The molecule has 2 aromatic rings. The molecule has 6 nitrogen and oxygen atoms in total. The Balaban J connectivity index is 1.19. The molecule has 0 aliphatic carbocycles. The van der Waals surface area contributed by atoms with Gasteiger partial charge in [-0.2, -0.15) is 0 Å². The van der Waals surface area contributed by atoms with Crippen molar-refractivity contribution >= 4 is 16.8 Å². The fourth-order valence-electron chi connectivity index (χ4n) is 5.50. The van der Waals surface area contributed by atoms with E-state index in [9.17, 15) is 4.79 Å². The number of carbonyl (C=O) groups excluding carboxylic acids is 1. The second-order valence-corrected chi connectivity index (χ2v) is 9.63. The van der Waals surface area contributed by atoms with E-state index in [-0.39, 0.29) is 5.91 Å². The maximum atomic E-state index is 12.4. The van der Waals surface area contributed by atoms with Crippen LogP contribution in [0.15, 0.2) is 18.2 Å². The van der Waals surface area contributed by atoms with E-state index in [0.29, 0.717) is 18.4 Å². The molecule has 1 aromatic carbocycles. The Kier molecular flexibility index (Phi) is 7.74. The van der Waals surface area contributed by atoms with Crippen LogP contribution in [-0.2, 0) is 11.3 Å². The number of likely N-dealkylation sites (N-methyl/N-ethyl adjacent to an activating group) is 1. The molecule has 0 saturated carbocycles. The number of aryl methyl sites for hydroxylation is 1. The SMILES string of the molecule is CCN1CCCC1CNC(=O)CCC1CCN(Cc2[nH]c3ccc(OC)cc3c2C)CC1. The highest BCUT2D eigenvalue weighted by atomic mass is 16.5. The van der Waals surface area contributed by atoms with Crippen molar-refractivity contribution in [2.75, 3.05) is 39.8 Å². The minimum absolute atomic E-state index is 0.236. The first-order valence-electron chi connectivity index (χ1n) is 12.5. The van der Waals surface area contributed by atoms with Crippen LogP contribution in [-0.4, -0.2) is 66.6 Å². The summed E-state index contributed by atoms with van der Waals surface area (Å²) in [4.78, 5) is 21.0. The molecular weight excluding hydrogens is 400 g/mol.